The summed E-state index contributed by atoms with van der Waals surface area (Å²) in [6.45, 7) is 0.323. The molecule has 1 amide bonds. The molecule has 3 N–H and O–H groups in total. The van der Waals surface area contributed by atoms with E-state index in [4.69, 9.17) is 5.73 Å². The molecule has 3 aromatic heterocycles. The second kappa shape index (κ2) is 9.27. The second-order valence-corrected chi connectivity index (χ2v) is 7.14. The molecule has 0 bridgehead atoms. The van der Waals surface area contributed by atoms with Gasteiger partial charge in [-0.1, -0.05) is 0 Å². The Morgan fingerprint density at radius 1 is 1.25 bits per heavy atom. The number of rotatable bonds is 9. The molecule has 0 aliphatic heterocycles. The molecular formula is C18H18F2N6OS. The van der Waals surface area contributed by atoms with Crippen LogP contribution in [0.3, 0.4) is 0 Å². The predicted octanol–water partition coefficient (Wildman–Crippen LogP) is 2.54. The molecule has 7 nitrogen and oxygen atoms in total. The Hall–Kier alpha value is -3.01. The first-order valence-electron chi connectivity index (χ1n) is 8.55. The first kappa shape index (κ1) is 19.7. The molecule has 0 aromatic carbocycles. The summed E-state index contributed by atoms with van der Waals surface area (Å²) in [5, 5.41) is 11.7. The summed E-state index contributed by atoms with van der Waals surface area (Å²) in [6, 6.07) is 6.19. The van der Waals surface area contributed by atoms with Gasteiger partial charge in [0.15, 0.2) is 0 Å². The summed E-state index contributed by atoms with van der Waals surface area (Å²) in [4.78, 5) is 19.8. The van der Waals surface area contributed by atoms with Gasteiger partial charge in [-0.05, 0) is 30.7 Å². The zero-order valence-corrected chi connectivity index (χ0v) is 15.6. The van der Waals surface area contributed by atoms with Crippen LogP contribution in [0.2, 0.25) is 0 Å². The zero-order valence-electron chi connectivity index (χ0n) is 14.8. The van der Waals surface area contributed by atoms with Crippen molar-refractivity contribution in [2.45, 2.75) is 25.4 Å². The molecule has 10 heteroatoms. The molecule has 0 radical (unpaired) electrons. The molecule has 3 rings (SSSR count). The summed E-state index contributed by atoms with van der Waals surface area (Å²) in [5.41, 5.74) is 5.86. The van der Waals surface area contributed by atoms with Crippen LogP contribution >= 0.6 is 11.3 Å². The second-order valence-electron chi connectivity index (χ2n) is 6.03. The van der Waals surface area contributed by atoms with Gasteiger partial charge in [0.05, 0.1) is 12.1 Å². The molecule has 3 aromatic rings. The van der Waals surface area contributed by atoms with Gasteiger partial charge in [0.25, 0.3) is 0 Å². The van der Waals surface area contributed by atoms with Gasteiger partial charge < -0.3 is 11.1 Å². The number of aromatic nitrogens is 4. The van der Waals surface area contributed by atoms with Crippen LogP contribution in [0.1, 0.15) is 17.0 Å². The highest BCUT2D eigenvalue weighted by Crippen LogP contribution is 2.23. The maximum Gasteiger partial charge on any atom is 0.222 e. The van der Waals surface area contributed by atoms with E-state index in [0.29, 0.717) is 23.1 Å². The highest BCUT2D eigenvalue weighted by atomic mass is 32.1. The Labute approximate surface area is 164 Å². The number of pyridine rings is 1. The van der Waals surface area contributed by atoms with Gasteiger partial charge in [-0.15, -0.1) is 21.5 Å². The molecule has 146 valence electrons. The number of alkyl halides is 1. The van der Waals surface area contributed by atoms with Crippen LogP contribution in [0.15, 0.2) is 36.7 Å². The lowest BCUT2D eigenvalue weighted by atomic mass is 10.1. The summed E-state index contributed by atoms with van der Waals surface area (Å²) >= 11 is 1.32. The molecule has 0 fully saturated rings. The van der Waals surface area contributed by atoms with Crippen molar-refractivity contribution < 1.29 is 13.6 Å². The Kier molecular flexibility index (Phi) is 6.53. The van der Waals surface area contributed by atoms with E-state index >= 15 is 0 Å². The van der Waals surface area contributed by atoms with Crippen molar-refractivity contribution in [2.24, 2.45) is 5.73 Å². The molecule has 0 aliphatic rings. The Bertz CT molecular complexity index is 934. The highest BCUT2D eigenvalue weighted by Gasteiger charge is 2.12. The molecule has 28 heavy (non-hydrogen) atoms. The Balaban J connectivity index is 1.48. The van der Waals surface area contributed by atoms with Crippen molar-refractivity contribution in [3.05, 3.63) is 53.0 Å². The number of nitrogens with zero attached hydrogens (tertiary/aromatic N) is 4. The fourth-order valence-corrected chi connectivity index (χ4v) is 3.34. The van der Waals surface area contributed by atoms with Crippen molar-refractivity contribution in [1.82, 2.24) is 20.2 Å². The number of carbonyl (C=O) groups excluding carboxylic acids is 1. The van der Waals surface area contributed by atoms with Crippen molar-refractivity contribution in [1.29, 1.82) is 0 Å². The number of amides is 1. The minimum absolute atomic E-state index is 0.0728. The van der Waals surface area contributed by atoms with Gasteiger partial charge in [0.1, 0.15) is 28.5 Å². The van der Waals surface area contributed by atoms with Crippen LogP contribution in [-0.2, 0) is 17.6 Å². The van der Waals surface area contributed by atoms with Crippen LogP contribution in [0.5, 0.6) is 0 Å². The van der Waals surface area contributed by atoms with E-state index in [2.05, 4.69) is 25.5 Å². The average molecular weight is 404 g/mol. The zero-order chi connectivity index (χ0) is 19.9. The maximum absolute atomic E-state index is 14.0. The van der Waals surface area contributed by atoms with Crippen LogP contribution in [-0.4, -0.2) is 38.8 Å². The summed E-state index contributed by atoms with van der Waals surface area (Å²) < 4.78 is 27.5. The summed E-state index contributed by atoms with van der Waals surface area (Å²) in [5.74, 6) is -0.424. The SMILES string of the molecule is NC(=O)Cc1cnc(-c2ccc(NCC[C@H](F)Cc3ncccc3F)nn2)s1. The molecule has 0 saturated carbocycles. The summed E-state index contributed by atoms with van der Waals surface area (Å²) in [6.07, 6.45) is 2.06. The fourth-order valence-electron chi connectivity index (χ4n) is 2.46. The van der Waals surface area contributed by atoms with Crippen molar-refractivity contribution in [3.63, 3.8) is 0 Å². The number of thiazole rings is 1. The van der Waals surface area contributed by atoms with Gasteiger partial charge in [-0.2, -0.15) is 0 Å². The van der Waals surface area contributed by atoms with E-state index in [1.165, 1.54) is 29.7 Å². The molecule has 0 unspecified atom stereocenters. The predicted molar refractivity (Wildman–Crippen MR) is 102 cm³/mol. The first-order chi connectivity index (χ1) is 13.5. The minimum atomic E-state index is -1.22. The number of anilines is 1. The van der Waals surface area contributed by atoms with Crippen molar-refractivity contribution in [2.75, 3.05) is 11.9 Å². The monoisotopic (exact) mass is 404 g/mol. The third kappa shape index (κ3) is 5.49. The molecular weight excluding hydrogens is 386 g/mol. The van der Waals surface area contributed by atoms with Gasteiger partial charge in [0.2, 0.25) is 5.91 Å². The standard InChI is InChI=1S/C18H18F2N6OS/c19-11(8-15-13(20)2-1-6-22-15)5-7-23-17-4-3-14(25-26-17)18-24-10-12(28-18)9-16(21)27/h1-4,6,10-11H,5,7-9H2,(H2,21,27)(H,23,26)/t11-/m0/s1. The maximum atomic E-state index is 14.0. The molecule has 0 aliphatic carbocycles. The molecule has 0 saturated heterocycles. The van der Waals surface area contributed by atoms with E-state index in [1.54, 1.807) is 18.3 Å². The summed E-state index contributed by atoms with van der Waals surface area (Å²) in [7, 11) is 0. The quantitative estimate of drug-likeness (QED) is 0.568. The van der Waals surface area contributed by atoms with E-state index in [9.17, 15) is 13.6 Å². The number of halogens is 2. The first-order valence-corrected chi connectivity index (χ1v) is 9.37. The normalized spacial score (nSPS) is 11.9. The van der Waals surface area contributed by atoms with Crippen LogP contribution in [0.25, 0.3) is 10.7 Å². The third-order valence-electron chi connectivity index (χ3n) is 3.80. The number of nitrogens with two attached hydrogens (primary N) is 1. The van der Waals surface area contributed by atoms with Gasteiger partial charge in [-0.3, -0.25) is 9.78 Å². The van der Waals surface area contributed by atoms with E-state index < -0.39 is 17.9 Å². The Morgan fingerprint density at radius 3 is 2.82 bits per heavy atom. The minimum Gasteiger partial charge on any atom is -0.369 e. The largest absolute Gasteiger partial charge is 0.369 e. The number of hydrogen-bond donors (Lipinski definition) is 2. The Morgan fingerprint density at radius 2 is 2.11 bits per heavy atom. The van der Waals surface area contributed by atoms with E-state index in [0.717, 1.165) is 4.88 Å². The highest BCUT2D eigenvalue weighted by molar-refractivity contribution is 7.15. The molecule has 3 heterocycles. The number of primary amides is 1. The lowest BCUT2D eigenvalue weighted by molar-refractivity contribution is -0.117. The van der Waals surface area contributed by atoms with Crippen LogP contribution < -0.4 is 11.1 Å². The van der Waals surface area contributed by atoms with E-state index in [1.807, 2.05) is 0 Å². The van der Waals surface area contributed by atoms with Crippen molar-refractivity contribution >= 4 is 23.1 Å². The van der Waals surface area contributed by atoms with Crippen LogP contribution in [0, 0.1) is 5.82 Å². The van der Waals surface area contributed by atoms with Crippen molar-refractivity contribution in [3.8, 4) is 10.7 Å². The van der Waals surface area contributed by atoms with Gasteiger partial charge in [0, 0.05) is 30.2 Å². The smallest absolute Gasteiger partial charge is 0.222 e. The fraction of sp³-hybridized carbons (Fsp3) is 0.278. The number of carbonyl (C=O) groups is 1. The topological polar surface area (TPSA) is 107 Å². The van der Waals surface area contributed by atoms with Crippen LogP contribution in [0.4, 0.5) is 14.6 Å². The molecule has 0 spiro atoms. The third-order valence-corrected chi connectivity index (χ3v) is 4.82. The lowest BCUT2D eigenvalue weighted by Crippen LogP contribution is -2.14. The molecule has 1 atom stereocenters. The average Bonchev–Trinajstić information content (AvgIpc) is 3.12. The number of nitrogens with one attached hydrogen (secondary N) is 1. The van der Waals surface area contributed by atoms with Gasteiger partial charge >= 0.3 is 0 Å². The number of hydrogen-bond acceptors (Lipinski definition) is 7. The van der Waals surface area contributed by atoms with E-state index in [-0.39, 0.29) is 25.0 Å². The van der Waals surface area contributed by atoms with Gasteiger partial charge in [-0.25, -0.2) is 13.8 Å². The lowest BCUT2D eigenvalue weighted by Gasteiger charge is -2.09.